The molecule has 2 aromatic carbocycles. The van der Waals surface area contributed by atoms with E-state index < -0.39 is 10.9 Å². The highest BCUT2D eigenvalue weighted by molar-refractivity contribution is 9.10. The van der Waals surface area contributed by atoms with Gasteiger partial charge in [0.25, 0.3) is 5.69 Å². The molecule has 0 unspecified atom stereocenters. The highest BCUT2D eigenvalue weighted by Gasteiger charge is 2.15. The normalized spacial score (nSPS) is 11.0. The summed E-state index contributed by atoms with van der Waals surface area (Å²) >= 11 is 3.32. The highest BCUT2D eigenvalue weighted by Crippen LogP contribution is 2.21. The lowest BCUT2D eigenvalue weighted by atomic mass is 10.2. The van der Waals surface area contributed by atoms with Crippen molar-refractivity contribution >= 4 is 33.7 Å². The first-order valence-electron chi connectivity index (χ1n) is 7.06. The van der Waals surface area contributed by atoms with Crippen LogP contribution in [-0.2, 0) is 9.53 Å². The molecule has 2 rings (SSSR count). The van der Waals surface area contributed by atoms with Gasteiger partial charge < -0.3 is 9.47 Å². The minimum atomic E-state index is -0.646. The number of carbonyl (C=O) groups is 1. The van der Waals surface area contributed by atoms with Crippen molar-refractivity contribution in [3.63, 3.8) is 0 Å². The fourth-order valence-corrected chi connectivity index (χ4v) is 2.11. The van der Waals surface area contributed by atoms with Gasteiger partial charge in [-0.3, -0.25) is 10.1 Å². The van der Waals surface area contributed by atoms with E-state index in [2.05, 4.69) is 15.9 Å². The number of nitro groups is 1. The summed E-state index contributed by atoms with van der Waals surface area (Å²) in [6, 6.07) is 12.8. The van der Waals surface area contributed by atoms with E-state index >= 15 is 0 Å². The van der Waals surface area contributed by atoms with Crippen molar-refractivity contribution in [2.75, 3.05) is 6.61 Å². The molecule has 2 aromatic rings. The predicted molar refractivity (Wildman–Crippen MR) is 92.5 cm³/mol. The zero-order valence-electron chi connectivity index (χ0n) is 12.8. The molecule has 0 aliphatic heterocycles. The van der Waals surface area contributed by atoms with Gasteiger partial charge in [0.05, 0.1) is 11.5 Å². The number of benzene rings is 2. The highest BCUT2D eigenvalue weighted by atomic mass is 79.9. The minimum Gasteiger partial charge on any atom is -0.460 e. The third-order valence-corrected chi connectivity index (χ3v) is 3.43. The Morgan fingerprint density at radius 1 is 1.25 bits per heavy atom. The van der Waals surface area contributed by atoms with E-state index in [1.165, 1.54) is 24.3 Å². The minimum absolute atomic E-state index is 0.0559. The molecule has 0 bridgehead atoms. The number of hydrogen-bond donors (Lipinski definition) is 0. The second-order valence-electron chi connectivity index (χ2n) is 4.64. The van der Waals surface area contributed by atoms with Crippen LogP contribution in [0.3, 0.4) is 0 Å². The van der Waals surface area contributed by atoms with Crippen LogP contribution < -0.4 is 4.74 Å². The summed E-state index contributed by atoms with van der Waals surface area (Å²) < 4.78 is 11.4. The van der Waals surface area contributed by atoms with Crippen LogP contribution in [0.2, 0.25) is 0 Å². The molecule has 0 aliphatic carbocycles. The topological polar surface area (TPSA) is 78.7 Å². The molecule has 6 nitrogen and oxygen atoms in total. The third kappa shape index (κ3) is 4.92. The molecule has 0 spiro atoms. The molecule has 0 heterocycles. The smallest absolute Gasteiger partial charge is 0.374 e. The monoisotopic (exact) mass is 391 g/mol. The lowest BCUT2D eigenvalue weighted by Gasteiger charge is -2.09. The molecule has 24 heavy (non-hydrogen) atoms. The van der Waals surface area contributed by atoms with Gasteiger partial charge in [-0.2, -0.15) is 0 Å². The van der Waals surface area contributed by atoms with E-state index in [4.69, 9.17) is 9.47 Å². The van der Waals surface area contributed by atoms with E-state index in [0.717, 1.165) is 4.47 Å². The molecule has 0 radical (unpaired) electrons. The molecule has 0 saturated heterocycles. The van der Waals surface area contributed by atoms with Gasteiger partial charge >= 0.3 is 5.97 Å². The lowest BCUT2D eigenvalue weighted by molar-refractivity contribution is -0.384. The van der Waals surface area contributed by atoms with Gasteiger partial charge in [0.1, 0.15) is 5.75 Å². The van der Waals surface area contributed by atoms with Crippen LogP contribution in [0.1, 0.15) is 12.5 Å². The number of esters is 1. The van der Waals surface area contributed by atoms with Crippen LogP contribution in [0.15, 0.2) is 58.8 Å². The maximum absolute atomic E-state index is 12.1. The Bertz CT molecular complexity index is 771. The molecule has 0 atom stereocenters. The molecular formula is C17H14BrNO5. The second kappa shape index (κ2) is 8.26. The Hall–Kier alpha value is -2.67. The number of ether oxygens (including phenoxy) is 2. The largest absolute Gasteiger partial charge is 0.460 e. The van der Waals surface area contributed by atoms with Gasteiger partial charge in [0.2, 0.25) is 5.76 Å². The Morgan fingerprint density at radius 3 is 2.58 bits per heavy atom. The SMILES string of the molecule is CCOC(=O)/C(=C/c1cccc([N+](=O)[O-])c1)Oc1ccc(Br)cc1. The molecule has 0 N–H and O–H groups in total. The summed E-state index contributed by atoms with van der Waals surface area (Å²) in [5, 5.41) is 10.9. The van der Waals surface area contributed by atoms with Crippen LogP contribution in [0.4, 0.5) is 5.69 Å². The van der Waals surface area contributed by atoms with Crippen LogP contribution in [0.25, 0.3) is 6.08 Å². The summed E-state index contributed by atoms with van der Waals surface area (Å²) in [6.45, 7) is 1.87. The quantitative estimate of drug-likeness (QED) is 0.240. The summed E-state index contributed by atoms with van der Waals surface area (Å²) in [5.41, 5.74) is 0.389. The fraction of sp³-hybridized carbons (Fsp3) is 0.118. The number of non-ortho nitro benzene ring substituents is 1. The number of carbonyl (C=O) groups excluding carboxylic acids is 1. The molecule has 0 fully saturated rings. The lowest BCUT2D eigenvalue weighted by Crippen LogP contribution is -2.12. The summed E-state index contributed by atoms with van der Waals surface area (Å²) in [6.07, 6.45) is 1.41. The molecular weight excluding hydrogens is 378 g/mol. The molecule has 0 amide bonds. The number of nitro benzene ring substituents is 1. The number of hydrogen-bond acceptors (Lipinski definition) is 5. The summed E-state index contributed by atoms with van der Waals surface area (Å²) in [7, 11) is 0. The Balaban J connectivity index is 2.34. The van der Waals surface area contributed by atoms with Gasteiger partial charge in [0.15, 0.2) is 0 Å². The van der Waals surface area contributed by atoms with Gasteiger partial charge in [0, 0.05) is 16.6 Å². The average molecular weight is 392 g/mol. The van der Waals surface area contributed by atoms with E-state index in [1.54, 1.807) is 37.3 Å². The van der Waals surface area contributed by atoms with Crippen molar-refractivity contribution in [2.24, 2.45) is 0 Å². The van der Waals surface area contributed by atoms with E-state index in [-0.39, 0.29) is 18.1 Å². The van der Waals surface area contributed by atoms with Crippen LogP contribution in [0.5, 0.6) is 5.75 Å². The summed E-state index contributed by atoms with van der Waals surface area (Å²) in [4.78, 5) is 22.4. The second-order valence-corrected chi connectivity index (χ2v) is 5.55. The predicted octanol–water partition coefficient (Wildman–Crippen LogP) is 4.34. The fourth-order valence-electron chi connectivity index (χ4n) is 1.84. The van der Waals surface area contributed by atoms with Gasteiger partial charge in [-0.05, 0) is 42.8 Å². The average Bonchev–Trinajstić information content (AvgIpc) is 2.56. The van der Waals surface area contributed by atoms with Crippen LogP contribution in [0, 0.1) is 10.1 Å². The maximum atomic E-state index is 12.1. The first-order valence-corrected chi connectivity index (χ1v) is 7.85. The van der Waals surface area contributed by atoms with Crippen molar-refractivity contribution in [3.05, 3.63) is 74.4 Å². The van der Waals surface area contributed by atoms with Crippen molar-refractivity contribution in [1.82, 2.24) is 0 Å². The molecule has 124 valence electrons. The standard InChI is InChI=1S/C17H14BrNO5/c1-2-23-17(20)16(24-15-8-6-13(18)7-9-15)11-12-4-3-5-14(10-12)19(21)22/h3-11H,2H2,1H3/b16-11-. The molecule has 0 aromatic heterocycles. The molecule has 0 saturated carbocycles. The Morgan fingerprint density at radius 2 is 1.96 bits per heavy atom. The van der Waals surface area contributed by atoms with Crippen LogP contribution >= 0.6 is 15.9 Å². The first-order chi connectivity index (χ1) is 11.5. The molecule has 7 heteroatoms. The zero-order valence-corrected chi connectivity index (χ0v) is 14.4. The van der Waals surface area contributed by atoms with Crippen molar-refractivity contribution in [3.8, 4) is 5.75 Å². The number of rotatable bonds is 6. The van der Waals surface area contributed by atoms with Crippen molar-refractivity contribution < 1.29 is 19.2 Å². The van der Waals surface area contributed by atoms with Crippen molar-refractivity contribution in [2.45, 2.75) is 6.92 Å². The summed E-state index contributed by atoms with van der Waals surface area (Å²) in [5.74, 6) is -0.255. The van der Waals surface area contributed by atoms with E-state index in [9.17, 15) is 14.9 Å². The Labute approximate surface area is 147 Å². The number of halogens is 1. The van der Waals surface area contributed by atoms with E-state index in [0.29, 0.717) is 11.3 Å². The van der Waals surface area contributed by atoms with Gasteiger partial charge in [-0.1, -0.05) is 28.1 Å². The van der Waals surface area contributed by atoms with Gasteiger partial charge in [-0.15, -0.1) is 0 Å². The van der Waals surface area contributed by atoms with Crippen molar-refractivity contribution in [1.29, 1.82) is 0 Å². The first kappa shape index (κ1) is 17.7. The zero-order chi connectivity index (χ0) is 17.5. The maximum Gasteiger partial charge on any atom is 0.374 e. The Kier molecular flexibility index (Phi) is 6.08. The van der Waals surface area contributed by atoms with Crippen LogP contribution in [-0.4, -0.2) is 17.5 Å². The van der Waals surface area contributed by atoms with Gasteiger partial charge in [-0.25, -0.2) is 4.79 Å². The third-order valence-electron chi connectivity index (χ3n) is 2.90. The number of nitrogens with zero attached hydrogens (tertiary/aromatic N) is 1. The van der Waals surface area contributed by atoms with E-state index in [1.807, 2.05) is 0 Å². The molecule has 0 aliphatic rings.